The molecule has 2 atom stereocenters. The van der Waals surface area contributed by atoms with Crippen LogP contribution in [0.3, 0.4) is 0 Å². The van der Waals surface area contributed by atoms with E-state index in [1.165, 1.54) is 295 Å². The van der Waals surface area contributed by atoms with Crippen molar-refractivity contribution in [2.75, 3.05) is 13.2 Å². The molecule has 0 radical (unpaired) electrons. The molecule has 0 saturated carbocycles. The van der Waals surface area contributed by atoms with Crippen molar-refractivity contribution in [1.29, 1.82) is 0 Å². The summed E-state index contributed by atoms with van der Waals surface area (Å²) in [4.78, 5) is 24.6. The monoisotopic (exact) mass is 1000 g/mol. The molecule has 0 fully saturated rings. The minimum Gasteiger partial charge on any atom is -0.466 e. The summed E-state index contributed by atoms with van der Waals surface area (Å²) in [7, 11) is 0. The van der Waals surface area contributed by atoms with Crippen LogP contribution in [-0.2, 0) is 14.3 Å². The molecule has 0 aromatic rings. The molecule has 2 unspecified atom stereocenters. The number of rotatable bonds is 62. The van der Waals surface area contributed by atoms with Gasteiger partial charge in [-0.1, -0.05) is 341 Å². The summed E-state index contributed by atoms with van der Waals surface area (Å²) in [6, 6.07) is -0.551. The first-order chi connectivity index (χ1) is 35.0. The Hall–Kier alpha value is -1.14. The van der Waals surface area contributed by atoms with Crippen molar-refractivity contribution in [2.24, 2.45) is 0 Å². The van der Waals surface area contributed by atoms with Crippen molar-refractivity contribution in [3.63, 3.8) is 0 Å². The van der Waals surface area contributed by atoms with E-state index in [1.54, 1.807) is 0 Å². The molecule has 0 aliphatic rings. The second kappa shape index (κ2) is 61.4. The molecule has 0 rings (SSSR count). The third-order valence-corrected chi connectivity index (χ3v) is 15.7. The van der Waals surface area contributed by atoms with Crippen molar-refractivity contribution >= 4 is 11.9 Å². The van der Waals surface area contributed by atoms with Gasteiger partial charge >= 0.3 is 5.97 Å². The second-order valence-electron chi connectivity index (χ2n) is 22.8. The molecule has 6 heteroatoms. The van der Waals surface area contributed by atoms with E-state index in [4.69, 9.17) is 4.74 Å². The average molecular weight is 1000 g/mol. The van der Waals surface area contributed by atoms with Gasteiger partial charge in [-0.3, -0.25) is 9.59 Å². The lowest BCUT2D eigenvalue weighted by molar-refractivity contribution is -0.143. The average Bonchev–Trinajstić information content (AvgIpc) is 3.37. The number of amides is 1. The molecule has 0 aliphatic heterocycles. The van der Waals surface area contributed by atoms with Crippen molar-refractivity contribution in [1.82, 2.24) is 5.32 Å². The lowest BCUT2D eigenvalue weighted by Gasteiger charge is -2.22. The third-order valence-electron chi connectivity index (χ3n) is 15.7. The summed E-state index contributed by atoms with van der Waals surface area (Å²) < 4.78 is 5.50. The summed E-state index contributed by atoms with van der Waals surface area (Å²) in [5.74, 6) is -0.0413. The summed E-state index contributed by atoms with van der Waals surface area (Å²) in [5.41, 5.74) is 0. The number of carbonyl (C=O) groups excluding carboxylic acids is 2. The zero-order chi connectivity index (χ0) is 51.4. The van der Waals surface area contributed by atoms with E-state index < -0.39 is 12.1 Å². The van der Waals surface area contributed by atoms with Gasteiger partial charge in [0.05, 0.1) is 25.4 Å². The van der Waals surface area contributed by atoms with Crippen LogP contribution in [0.25, 0.3) is 0 Å². The second-order valence-corrected chi connectivity index (χ2v) is 22.8. The summed E-state index contributed by atoms with van der Waals surface area (Å²) >= 11 is 0. The Kier molecular flexibility index (Phi) is 60.4. The SMILES string of the molecule is CCCCCCCCCCCCCCCCCCCCCCCCCC(O)C(CO)NC(=O)CCCCCCCCCCCCCCCOC(=O)CCCCCCCCCCCCCCCCCCCC. The summed E-state index contributed by atoms with van der Waals surface area (Å²) in [6.07, 6.45) is 72.6. The summed E-state index contributed by atoms with van der Waals surface area (Å²) in [5, 5.41) is 23.4. The highest BCUT2D eigenvalue weighted by Gasteiger charge is 2.20. The zero-order valence-electron chi connectivity index (χ0n) is 48.5. The minimum absolute atomic E-state index is 0.000815. The van der Waals surface area contributed by atoms with Crippen LogP contribution >= 0.6 is 0 Å². The van der Waals surface area contributed by atoms with Gasteiger partial charge in [-0.05, 0) is 25.7 Å². The molecule has 71 heavy (non-hydrogen) atoms. The van der Waals surface area contributed by atoms with E-state index in [-0.39, 0.29) is 18.5 Å². The maximum absolute atomic E-state index is 12.5. The molecule has 424 valence electrons. The van der Waals surface area contributed by atoms with Gasteiger partial charge in [0, 0.05) is 12.8 Å². The molecule has 0 aliphatic carbocycles. The quantitative estimate of drug-likeness (QED) is 0.0417. The maximum Gasteiger partial charge on any atom is 0.305 e. The fourth-order valence-corrected chi connectivity index (χ4v) is 10.6. The Bertz CT molecular complexity index is 1020. The highest BCUT2D eigenvalue weighted by atomic mass is 16.5. The molecule has 1 amide bonds. The number of nitrogens with one attached hydrogen (secondary N) is 1. The largest absolute Gasteiger partial charge is 0.466 e. The van der Waals surface area contributed by atoms with E-state index in [2.05, 4.69) is 19.2 Å². The van der Waals surface area contributed by atoms with Gasteiger partial charge in [0.1, 0.15) is 0 Å². The smallest absolute Gasteiger partial charge is 0.305 e. The Morgan fingerprint density at radius 2 is 0.577 bits per heavy atom. The molecule has 3 N–H and O–H groups in total. The predicted octanol–water partition coefficient (Wildman–Crippen LogP) is 20.6. The van der Waals surface area contributed by atoms with Crippen molar-refractivity contribution in [3.05, 3.63) is 0 Å². The lowest BCUT2D eigenvalue weighted by Crippen LogP contribution is -2.45. The number of unbranched alkanes of at least 4 members (excludes halogenated alkanes) is 51. The van der Waals surface area contributed by atoms with E-state index in [9.17, 15) is 19.8 Å². The number of hydrogen-bond acceptors (Lipinski definition) is 5. The van der Waals surface area contributed by atoms with Crippen molar-refractivity contribution < 1.29 is 24.5 Å². The van der Waals surface area contributed by atoms with E-state index in [0.29, 0.717) is 25.9 Å². The predicted molar refractivity (Wildman–Crippen MR) is 310 cm³/mol. The fraction of sp³-hybridized carbons (Fsp3) is 0.969. The minimum atomic E-state index is -0.673. The lowest BCUT2D eigenvalue weighted by atomic mass is 10.0. The molecule has 0 aromatic heterocycles. The van der Waals surface area contributed by atoms with Crippen LogP contribution in [0.2, 0.25) is 0 Å². The highest BCUT2D eigenvalue weighted by Crippen LogP contribution is 2.19. The number of ether oxygens (including phenoxy) is 1. The van der Waals surface area contributed by atoms with Gasteiger partial charge in [-0.2, -0.15) is 0 Å². The van der Waals surface area contributed by atoms with Crippen LogP contribution in [0, 0.1) is 0 Å². The fourth-order valence-electron chi connectivity index (χ4n) is 10.6. The van der Waals surface area contributed by atoms with Crippen LogP contribution in [0.4, 0.5) is 0 Å². The van der Waals surface area contributed by atoms with Gasteiger partial charge in [-0.15, -0.1) is 0 Å². The number of aliphatic hydroxyl groups excluding tert-OH is 2. The van der Waals surface area contributed by atoms with Gasteiger partial charge < -0.3 is 20.3 Å². The van der Waals surface area contributed by atoms with Crippen LogP contribution in [0.15, 0.2) is 0 Å². The molecule has 0 aromatic carbocycles. The van der Waals surface area contributed by atoms with Gasteiger partial charge in [0.15, 0.2) is 0 Å². The first-order valence-electron chi connectivity index (χ1n) is 32.8. The zero-order valence-corrected chi connectivity index (χ0v) is 48.5. The Labute approximate surface area is 445 Å². The Morgan fingerprint density at radius 3 is 0.859 bits per heavy atom. The third kappa shape index (κ3) is 58.0. The molecular formula is C65H129NO5. The van der Waals surface area contributed by atoms with Crippen LogP contribution < -0.4 is 5.32 Å². The molecule has 0 heterocycles. The van der Waals surface area contributed by atoms with E-state index >= 15 is 0 Å². The molecule has 0 saturated heterocycles. The van der Waals surface area contributed by atoms with Crippen LogP contribution in [0.5, 0.6) is 0 Å². The van der Waals surface area contributed by atoms with Gasteiger partial charge in [0.2, 0.25) is 5.91 Å². The number of carbonyl (C=O) groups is 2. The maximum atomic E-state index is 12.5. The van der Waals surface area contributed by atoms with Crippen LogP contribution in [-0.4, -0.2) is 47.4 Å². The van der Waals surface area contributed by atoms with Crippen molar-refractivity contribution in [2.45, 2.75) is 392 Å². The molecule has 0 bridgehead atoms. The first kappa shape index (κ1) is 69.9. The van der Waals surface area contributed by atoms with Gasteiger partial charge in [0.25, 0.3) is 0 Å². The topological polar surface area (TPSA) is 95.9 Å². The van der Waals surface area contributed by atoms with Crippen LogP contribution in [0.1, 0.15) is 380 Å². The van der Waals surface area contributed by atoms with Gasteiger partial charge in [-0.25, -0.2) is 0 Å². The normalized spacial score (nSPS) is 12.5. The van der Waals surface area contributed by atoms with E-state index in [0.717, 1.165) is 51.4 Å². The standard InChI is InChI=1S/C65H129NO5/c1-3-5-7-9-11-13-15-17-19-21-23-24-25-26-27-28-30-33-37-41-45-49-53-57-63(68)62(61-67)66-64(69)58-54-50-46-42-38-34-32-36-40-44-48-52-56-60-71-65(70)59-55-51-47-43-39-35-31-29-22-20-18-16-14-12-10-8-6-4-2/h62-63,67-68H,3-61H2,1-2H3,(H,66,69). The highest BCUT2D eigenvalue weighted by molar-refractivity contribution is 5.76. The number of hydrogen-bond donors (Lipinski definition) is 3. The molecule has 0 spiro atoms. The first-order valence-corrected chi connectivity index (χ1v) is 32.8. The number of aliphatic hydroxyl groups is 2. The molecule has 6 nitrogen and oxygen atoms in total. The number of esters is 1. The Balaban J connectivity index is 3.41. The summed E-state index contributed by atoms with van der Waals surface area (Å²) in [6.45, 7) is 4.97. The molecular weight excluding hydrogens is 875 g/mol. The Morgan fingerprint density at radius 1 is 0.338 bits per heavy atom. The van der Waals surface area contributed by atoms with Crippen molar-refractivity contribution in [3.8, 4) is 0 Å². The van der Waals surface area contributed by atoms with E-state index in [1.807, 2.05) is 0 Å².